The van der Waals surface area contributed by atoms with Gasteiger partial charge in [0.2, 0.25) is 0 Å². The molecule has 0 amide bonds. The van der Waals surface area contributed by atoms with Crippen molar-refractivity contribution in [2.24, 2.45) is 0 Å². The van der Waals surface area contributed by atoms with Crippen molar-refractivity contribution in [3.05, 3.63) is 65.9 Å². The SMILES string of the molecule is COc1ccc(-c2nc(-c3[nH]cc(CC(=O)O)c3C(C)C)sc2-c2ccc(OC)cc2)cc1. The Morgan fingerprint density at radius 1 is 1.00 bits per heavy atom. The zero-order chi connectivity index (χ0) is 23.5. The quantitative estimate of drug-likeness (QED) is 0.324. The van der Waals surface area contributed by atoms with Crippen LogP contribution >= 0.6 is 11.3 Å². The molecule has 0 bridgehead atoms. The van der Waals surface area contributed by atoms with E-state index >= 15 is 0 Å². The number of nitrogens with zero attached hydrogens (tertiary/aromatic N) is 1. The summed E-state index contributed by atoms with van der Waals surface area (Å²) < 4.78 is 10.6. The topological polar surface area (TPSA) is 84.4 Å². The van der Waals surface area contributed by atoms with Gasteiger partial charge in [0, 0.05) is 11.8 Å². The average molecular weight is 463 g/mol. The fourth-order valence-electron chi connectivity index (χ4n) is 3.93. The van der Waals surface area contributed by atoms with E-state index in [1.807, 2.05) is 48.5 Å². The van der Waals surface area contributed by atoms with Crippen LogP contribution in [0.4, 0.5) is 0 Å². The second-order valence-electron chi connectivity index (χ2n) is 7.98. The Hall–Kier alpha value is -3.58. The van der Waals surface area contributed by atoms with Crippen molar-refractivity contribution in [2.45, 2.75) is 26.2 Å². The highest BCUT2D eigenvalue weighted by molar-refractivity contribution is 7.19. The van der Waals surface area contributed by atoms with Crippen LogP contribution in [-0.2, 0) is 11.2 Å². The minimum Gasteiger partial charge on any atom is -0.497 e. The molecule has 6 nitrogen and oxygen atoms in total. The van der Waals surface area contributed by atoms with E-state index in [0.29, 0.717) is 0 Å². The zero-order valence-electron chi connectivity index (χ0n) is 19.0. The van der Waals surface area contributed by atoms with Crippen LogP contribution in [0.2, 0.25) is 0 Å². The summed E-state index contributed by atoms with van der Waals surface area (Å²) in [4.78, 5) is 20.7. The number of thiazole rings is 1. The molecular weight excluding hydrogens is 436 g/mol. The van der Waals surface area contributed by atoms with Gasteiger partial charge in [-0.1, -0.05) is 13.8 Å². The molecule has 4 aromatic rings. The third-order valence-corrected chi connectivity index (χ3v) is 6.60. The summed E-state index contributed by atoms with van der Waals surface area (Å²) in [7, 11) is 3.29. The number of methoxy groups -OCH3 is 2. The smallest absolute Gasteiger partial charge is 0.307 e. The number of benzene rings is 2. The first-order valence-electron chi connectivity index (χ1n) is 10.6. The first-order chi connectivity index (χ1) is 15.9. The Bertz CT molecular complexity index is 1190. The molecule has 0 aliphatic carbocycles. The number of hydrogen-bond donors (Lipinski definition) is 2. The molecule has 0 radical (unpaired) electrons. The van der Waals surface area contributed by atoms with Crippen LogP contribution in [0.3, 0.4) is 0 Å². The van der Waals surface area contributed by atoms with Crippen molar-refractivity contribution >= 4 is 17.3 Å². The lowest BCUT2D eigenvalue weighted by Crippen LogP contribution is -2.03. The largest absolute Gasteiger partial charge is 0.497 e. The predicted molar refractivity (Wildman–Crippen MR) is 131 cm³/mol. The Morgan fingerprint density at radius 3 is 2.09 bits per heavy atom. The van der Waals surface area contributed by atoms with Crippen molar-refractivity contribution in [2.75, 3.05) is 14.2 Å². The Labute approximate surface area is 196 Å². The highest BCUT2D eigenvalue weighted by atomic mass is 32.1. The lowest BCUT2D eigenvalue weighted by Gasteiger charge is -2.08. The molecule has 7 heteroatoms. The number of aliphatic carboxylic acids is 1. The zero-order valence-corrected chi connectivity index (χ0v) is 19.8. The van der Waals surface area contributed by atoms with Gasteiger partial charge < -0.3 is 19.6 Å². The van der Waals surface area contributed by atoms with E-state index in [1.165, 1.54) is 0 Å². The van der Waals surface area contributed by atoms with Crippen LogP contribution in [0.5, 0.6) is 11.5 Å². The number of carboxylic acids is 1. The number of carbonyl (C=O) groups is 1. The van der Waals surface area contributed by atoms with Crippen LogP contribution < -0.4 is 9.47 Å². The standard InChI is InChI=1S/C26H26N2O4S/c1-15(2)22-18(13-21(29)30)14-27-24(22)26-28-23(16-5-9-19(31-3)10-6-16)25(33-26)17-7-11-20(32-4)12-8-17/h5-12,14-15,27H,13H2,1-4H3,(H,29,30). The monoisotopic (exact) mass is 462 g/mol. The highest BCUT2D eigenvalue weighted by Gasteiger charge is 2.23. The third-order valence-electron chi connectivity index (χ3n) is 5.48. The lowest BCUT2D eigenvalue weighted by molar-refractivity contribution is -0.136. The molecule has 0 saturated carbocycles. The number of nitrogens with one attached hydrogen (secondary N) is 1. The van der Waals surface area contributed by atoms with Gasteiger partial charge in [0.25, 0.3) is 0 Å². The van der Waals surface area contributed by atoms with E-state index < -0.39 is 5.97 Å². The van der Waals surface area contributed by atoms with E-state index in [1.54, 1.807) is 31.8 Å². The number of hydrogen-bond acceptors (Lipinski definition) is 5. The Balaban J connectivity index is 1.87. The second kappa shape index (κ2) is 9.50. The minimum absolute atomic E-state index is 0.0218. The molecule has 33 heavy (non-hydrogen) atoms. The summed E-state index contributed by atoms with van der Waals surface area (Å²) in [5.74, 6) is 0.877. The van der Waals surface area contributed by atoms with Crippen LogP contribution in [0.1, 0.15) is 30.9 Å². The maximum Gasteiger partial charge on any atom is 0.307 e. The minimum atomic E-state index is -0.848. The molecule has 0 spiro atoms. The van der Waals surface area contributed by atoms with Crippen molar-refractivity contribution in [1.29, 1.82) is 0 Å². The van der Waals surface area contributed by atoms with Crippen molar-refractivity contribution in [3.8, 4) is 43.9 Å². The van der Waals surface area contributed by atoms with Crippen LogP contribution in [0.25, 0.3) is 32.4 Å². The molecule has 2 aromatic heterocycles. The third kappa shape index (κ3) is 4.64. The molecule has 2 N–H and O–H groups in total. The first-order valence-corrected chi connectivity index (χ1v) is 11.4. The van der Waals surface area contributed by atoms with Gasteiger partial charge in [-0.25, -0.2) is 4.98 Å². The van der Waals surface area contributed by atoms with E-state index in [4.69, 9.17) is 14.5 Å². The van der Waals surface area contributed by atoms with Crippen molar-refractivity contribution < 1.29 is 19.4 Å². The fourth-order valence-corrected chi connectivity index (χ4v) is 5.05. The van der Waals surface area contributed by atoms with Gasteiger partial charge >= 0.3 is 5.97 Å². The van der Waals surface area contributed by atoms with Crippen LogP contribution in [0.15, 0.2) is 54.7 Å². The maximum absolute atomic E-state index is 11.4. The van der Waals surface area contributed by atoms with E-state index in [0.717, 1.165) is 55.0 Å². The molecule has 0 aliphatic rings. The van der Waals surface area contributed by atoms with Crippen molar-refractivity contribution in [1.82, 2.24) is 9.97 Å². The molecule has 2 heterocycles. The number of rotatable bonds is 8. The molecule has 0 fully saturated rings. The number of H-pyrrole nitrogens is 1. The van der Waals surface area contributed by atoms with E-state index in [2.05, 4.69) is 18.8 Å². The molecule has 170 valence electrons. The normalized spacial score (nSPS) is 11.1. The summed E-state index contributed by atoms with van der Waals surface area (Å²) in [5, 5.41) is 10.2. The van der Waals surface area contributed by atoms with Crippen LogP contribution in [-0.4, -0.2) is 35.3 Å². The Kier molecular flexibility index (Phi) is 6.51. The summed E-state index contributed by atoms with van der Waals surface area (Å²) in [6.45, 7) is 4.14. The number of carboxylic acid groups (broad SMARTS) is 1. The van der Waals surface area contributed by atoms with Gasteiger partial charge in [0.1, 0.15) is 16.5 Å². The summed E-state index contributed by atoms with van der Waals surface area (Å²) in [5.41, 5.74) is 5.54. The summed E-state index contributed by atoms with van der Waals surface area (Å²) in [6.07, 6.45) is 1.77. The summed E-state index contributed by atoms with van der Waals surface area (Å²) in [6, 6.07) is 15.8. The van der Waals surface area contributed by atoms with Gasteiger partial charge in [0.05, 0.1) is 36.9 Å². The van der Waals surface area contributed by atoms with Gasteiger partial charge in [-0.3, -0.25) is 4.79 Å². The van der Waals surface area contributed by atoms with E-state index in [9.17, 15) is 9.90 Å². The maximum atomic E-state index is 11.4. The number of aromatic amines is 1. The van der Waals surface area contributed by atoms with Gasteiger partial charge in [-0.05, 0) is 71.1 Å². The molecule has 0 unspecified atom stereocenters. The predicted octanol–water partition coefficient (Wildman–Crippen LogP) is 6.24. The van der Waals surface area contributed by atoms with Crippen LogP contribution in [0, 0.1) is 0 Å². The molecular formula is C26H26N2O4S. The molecule has 2 aromatic carbocycles. The van der Waals surface area contributed by atoms with Crippen molar-refractivity contribution in [3.63, 3.8) is 0 Å². The Morgan fingerprint density at radius 2 is 1.58 bits per heavy atom. The van der Waals surface area contributed by atoms with Gasteiger partial charge in [0.15, 0.2) is 0 Å². The lowest BCUT2D eigenvalue weighted by atomic mass is 9.97. The van der Waals surface area contributed by atoms with Gasteiger partial charge in [-0.2, -0.15) is 0 Å². The first kappa shape index (κ1) is 22.6. The molecule has 0 saturated heterocycles. The second-order valence-corrected chi connectivity index (χ2v) is 8.98. The highest BCUT2D eigenvalue weighted by Crippen LogP contribution is 2.43. The number of aromatic nitrogens is 2. The van der Waals surface area contributed by atoms with E-state index in [-0.39, 0.29) is 12.3 Å². The van der Waals surface area contributed by atoms with Gasteiger partial charge in [-0.15, -0.1) is 11.3 Å². The molecule has 0 atom stereocenters. The summed E-state index contributed by atoms with van der Waals surface area (Å²) >= 11 is 1.59. The average Bonchev–Trinajstić information content (AvgIpc) is 3.43. The molecule has 4 rings (SSSR count). The fraction of sp³-hybridized carbons (Fsp3) is 0.231. The number of ether oxygens (including phenoxy) is 2. The molecule has 0 aliphatic heterocycles.